The highest BCUT2D eigenvalue weighted by atomic mass is 16.3. The Bertz CT molecular complexity index is 458. The summed E-state index contributed by atoms with van der Waals surface area (Å²) in [4.78, 5) is 12.9. The normalized spacial score (nSPS) is 56.5. The fourth-order valence-electron chi connectivity index (χ4n) is 7.00. The van der Waals surface area contributed by atoms with E-state index in [1.165, 1.54) is 38.5 Å². The molecule has 118 valence electrons. The Morgan fingerprint density at radius 2 is 1.81 bits per heavy atom. The molecular formula is C19H30O2. The van der Waals surface area contributed by atoms with Gasteiger partial charge >= 0.3 is 0 Å². The van der Waals surface area contributed by atoms with Crippen LogP contribution in [0.5, 0.6) is 0 Å². The molecule has 2 nitrogen and oxygen atoms in total. The smallest absolute Gasteiger partial charge is 0.141 e. The molecule has 2 heteroatoms. The number of rotatable bonds is 0. The quantitative estimate of drug-likeness (QED) is 0.733. The molecule has 0 aromatic heterocycles. The lowest BCUT2D eigenvalue weighted by Gasteiger charge is -2.59. The van der Waals surface area contributed by atoms with Gasteiger partial charge in [-0.2, -0.15) is 0 Å². The second-order valence-electron chi connectivity index (χ2n) is 8.91. The predicted molar refractivity (Wildman–Crippen MR) is 82.7 cm³/mol. The molecule has 0 heterocycles. The lowest BCUT2D eigenvalue weighted by molar-refractivity contribution is -0.159. The van der Waals surface area contributed by atoms with E-state index in [1.807, 2.05) is 0 Å². The lowest BCUT2D eigenvalue weighted by Crippen LogP contribution is -2.57. The van der Waals surface area contributed by atoms with Gasteiger partial charge in [0.2, 0.25) is 0 Å². The van der Waals surface area contributed by atoms with Gasteiger partial charge in [0.15, 0.2) is 0 Å². The van der Waals surface area contributed by atoms with Crippen molar-refractivity contribution in [3.05, 3.63) is 0 Å². The van der Waals surface area contributed by atoms with Gasteiger partial charge in [-0.05, 0) is 74.5 Å². The SMILES string of the molecule is C[C@]12CCCC[C@@H]1CC[C@@H]1[C@@H]2CC(=O)[C@]2(C)[C@@H](O)CC[C@@H]12. The fraction of sp³-hybridized carbons (Fsp3) is 0.947. The zero-order valence-electron chi connectivity index (χ0n) is 13.6. The minimum Gasteiger partial charge on any atom is -0.392 e. The molecule has 0 spiro atoms. The maximum absolute atomic E-state index is 12.9. The third-order valence-electron chi connectivity index (χ3n) is 8.40. The Balaban J connectivity index is 1.70. The Kier molecular flexibility index (Phi) is 3.10. The number of fused-ring (bicyclic) bond motifs is 5. The van der Waals surface area contributed by atoms with Crippen LogP contribution in [0.3, 0.4) is 0 Å². The summed E-state index contributed by atoms with van der Waals surface area (Å²) in [7, 11) is 0. The standard InChI is InChI=1S/C19H30O2/c1-18-10-4-3-5-12(18)6-7-13-14-8-9-16(20)19(14,2)17(21)11-15(13)18/h12-16,20H,3-11H2,1-2H3/t12-,13+,14+,15+,16+,18+,19+/m1/s1. The fourth-order valence-corrected chi connectivity index (χ4v) is 7.00. The number of carbonyl (C=O) groups excluding carboxylic acids is 1. The molecule has 0 aromatic rings. The Morgan fingerprint density at radius 1 is 1.00 bits per heavy atom. The summed E-state index contributed by atoms with van der Waals surface area (Å²) in [6.07, 6.45) is 10.4. The first-order valence-electron chi connectivity index (χ1n) is 9.19. The number of Topliss-reactive ketones (excluding diaryl/α,β-unsaturated/α-hetero) is 1. The maximum atomic E-state index is 12.9. The number of carbonyl (C=O) groups is 1. The molecule has 0 saturated heterocycles. The first kappa shape index (κ1) is 14.2. The molecule has 4 fully saturated rings. The monoisotopic (exact) mass is 290 g/mol. The lowest BCUT2D eigenvalue weighted by atomic mass is 9.45. The first-order chi connectivity index (χ1) is 9.98. The maximum Gasteiger partial charge on any atom is 0.141 e. The first-order valence-corrected chi connectivity index (χ1v) is 9.19. The van der Waals surface area contributed by atoms with E-state index in [9.17, 15) is 9.90 Å². The van der Waals surface area contributed by atoms with Gasteiger partial charge in [0, 0.05) is 6.42 Å². The van der Waals surface area contributed by atoms with E-state index in [0.717, 1.165) is 25.2 Å². The van der Waals surface area contributed by atoms with Crippen molar-refractivity contribution in [1.29, 1.82) is 0 Å². The van der Waals surface area contributed by atoms with Crippen LogP contribution in [0.2, 0.25) is 0 Å². The van der Waals surface area contributed by atoms with E-state index in [-0.39, 0.29) is 6.10 Å². The number of aliphatic hydroxyl groups is 1. The van der Waals surface area contributed by atoms with Crippen LogP contribution < -0.4 is 0 Å². The Morgan fingerprint density at radius 3 is 2.62 bits per heavy atom. The van der Waals surface area contributed by atoms with Crippen LogP contribution in [0.25, 0.3) is 0 Å². The summed E-state index contributed by atoms with van der Waals surface area (Å²) in [5, 5.41) is 10.4. The highest BCUT2D eigenvalue weighted by Crippen LogP contribution is 2.65. The third kappa shape index (κ3) is 1.72. The molecule has 0 radical (unpaired) electrons. The van der Waals surface area contributed by atoms with Crippen molar-refractivity contribution in [3.63, 3.8) is 0 Å². The second kappa shape index (κ2) is 4.57. The number of aliphatic hydroxyl groups excluding tert-OH is 1. The molecule has 4 aliphatic carbocycles. The molecule has 4 aliphatic rings. The van der Waals surface area contributed by atoms with Crippen molar-refractivity contribution in [2.45, 2.75) is 77.7 Å². The average Bonchev–Trinajstić information content (AvgIpc) is 2.77. The van der Waals surface area contributed by atoms with Crippen molar-refractivity contribution >= 4 is 5.78 Å². The molecule has 21 heavy (non-hydrogen) atoms. The zero-order valence-corrected chi connectivity index (χ0v) is 13.6. The topological polar surface area (TPSA) is 37.3 Å². The summed E-state index contributed by atoms with van der Waals surface area (Å²) in [6.45, 7) is 4.57. The minimum atomic E-state index is -0.418. The van der Waals surface area contributed by atoms with Gasteiger partial charge in [-0.25, -0.2) is 0 Å². The van der Waals surface area contributed by atoms with E-state index < -0.39 is 5.41 Å². The molecule has 7 atom stereocenters. The van der Waals surface area contributed by atoms with Crippen molar-refractivity contribution in [1.82, 2.24) is 0 Å². The van der Waals surface area contributed by atoms with Crippen LogP contribution in [-0.2, 0) is 4.79 Å². The van der Waals surface area contributed by atoms with E-state index >= 15 is 0 Å². The predicted octanol–water partition coefficient (Wildman–Crippen LogP) is 3.96. The van der Waals surface area contributed by atoms with Gasteiger partial charge in [-0.1, -0.05) is 19.8 Å². The van der Waals surface area contributed by atoms with Crippen molar-refractivity contribution in [3.8, 4) is 0 Å². The molecular weight excluding hydrogens is 260 g/mol. The Labute approximate surface area is 128 Å². The molecule has 0 aliphatic heterocycles. The summed E-state index contributed by atoms with van der Waals surface area (Å²) < 4.78 is 0. The summed E-state index contributed by atoms with van der Waals surface area (Å²) in [5.74, 6) is 3.00. The molecule has 1 N–H and O–H groups in total. The van der Waals surface area contributed by atoms with Crippen LogP contribution in [0.1, 0.15) is 71.6 Å². The minimum absolute atomic E-state index is 0.381. The summed E-state index contributed by atoms with van der Waals surface area (Å²) in [6, 6.07) is 0. The highest BCUT2D eigenvalue weighted by molar-refractivity contribution is 5.87. The van der Waals surface area contributed by atoms with Crippen molar-refractivity contribution < 1.29 is 9.90 Å². The van der Waals surface area contributed by atoms with Crippen molar-refractivity contribution in [2.24, 2.45) is 34.5 Å². The summed E-state index contributed by atoms with van der Waals surface area (Å²) >= 11 is 0. The second-order valence-corrected chi connectivity index (χ2v) is 8.91. The third-order valence-corrected chi connectivity index (χ3v) is 8.40. The van der Waals surface area contributed by atoms with Crippen LogP contribution in [0, 0.1) is 34.5 Å². The molecule has 0 bridgehead atoms. The largest absolute Gasteiger partial charge is 0.392 e. The number of ketones is 1. The van der Waals surface area contributed by atoms with Gasteiger partial charge in [0.1, 0.15) is 5.78 Å². The molecule has 0 aromatic carbocycles. The van der Waals surface area contributed by atoms with Gasteiger partial charge in [-0.3, -0.25) is 4.79 Å². The van der Waals surface area contributed by atoms with E-state index in [0.29, 0.717) is 29.0 Å². The van der Waals surface area contributed by atoms with Gasteiger partial charge in [-0.15, -0.1) is 0 Å². The number of hydrogen-bond acceptors (Lipinski definition) is 2. The number of hydrogen-bond donors (Lipinski definition) is 1. The average molecular weight is 290 g/mol. The van der Waals surface area contributed by atoms with Crippen LogP contribution in [0.4, 0.5) is 0 Å². The van der Waals surface area contributed by atoms with Gasteiger partial charge in [0.25, 0.3) is 0 Å². The van der Waals surface area contributed by atoms with E-state index in [1.54, 1.807) is 0 Å². The molecule has 0 amide bonds. The van der Waals surface area contributed by atoms with E-state index in [4.69, 9.17) is 0 Å². The van der Waals surface area contributed by atoms with Gasteiger partial charge < -0.3 is 5.11 Å². The highest BCUT2D eigenvalue weighted by Gasteiger charge is 2.62. The Hall–Kier alpha value is -0.370. The molecule has 4 saturated carbocycles. The summed E-state index contributed by atoms with van der Waals surface area (Å²) in [5.41, 5.74) is -0.00920. The van der Waals surface area contributed by atoms with Crippen LogP contribution in [-0.4, -0.2) is 17.0 Å². The van der Waals surface area contributed by atoms with Crippen LogP contribution >= 0.6 is 0 Å². The molecule has 0 unspecified atom stereocenters. The zero-order chi connectivity index (χ0) is 14.8. The van der Waals surface area contributed by atoms with E-state index in [2.05, 4.69) is 13.8 Å². The molecule has 4 rings (SSSR count). The van der Waals surface area contributed by atoms with Crippen LogP contribution in [0.15, 0.2) is 0 Å². The van der Waals surface area contributed by atoms with Crippen molar-refractivity contribution in [2.75, 3.05) is 0 Å². The van der Waals surface area contributed by atoms with Gasteiger partial charge in [0.05, 0.1) is 11.5 Å².